The first-order valence-electron chi connectivity index (χ1n) is 9.73. The van der Waals surface area contributed by atoms with Gasteiger partial charge in [0.2, 0.25) is 5.91 Å². The molecule has 0 unspecified atom stereocenters. The van der Waals surface area contributed by atoms with Gasteiger partial charge in [-0.2, -0.15) is 0 Å². The molecule has 0 radical (unpaired) electrons. The number of ether oxygens (including phenoxy) is 1. The van der Waals surface area contributed by atoms with Crippen molar-refractivity contribution in [2.75, 3.05) is 13.2 Å². The van der Waals surface area contributed by atoms with Gasteiger partial charge in [0, 0.05) is 31.2 Å². The molecular formula is C20H25ClN4O2. The molecule has 7 heteroatoms. The number of halogens is 1. The van der Waals surface area contributed by atoms with Crippen molar-refractivity contribution >= 4 is 17.5 Å². The van der Waals surface area contributed by atoms with Gasteiger partial charge < -0.3 is 14.6 Å². The van der Waals surface area contributed by atoms with E-state index in [0.717, 1.165) is 43.0 Å². The third kappa shape index (κ3) is 3.60. The molecule has 3 heterocycles. The summed E-state index contributed by atoms with van der Waals surface area (Å²) in [6.07, 6.45) is 5.71. The molecule has 144 valence electrons. The molecule has 1 aromatic carbocycles. The highest BCUT2D eigenvalue weighted by Crippen LogP contribution is 2.39. The largest absolute Gasteiger partial charge is 0.381 e. The van der Waals surface area contributed by atoms with Crippen LogP contribution in [0, 0.1) is 0 Å². The molecule has 27 heavy (non-hydrogen) atoms. The van der Waals surface area contributed by atoms with Gasteiger partial charge in [-0.1, -0.05) is 36.2 Å². The number of rotatable bonds is 4. The van der Waals surface area contributed by atoms with Crippen LogP contribution in [0.2, 0.25) is 5.02 Å². The molecule has 1 saturated heterocycles. The fourth-order valence-corrected chi connectivity index (χ4v) is 4.51. The lowest BCUT2D eigenvalue weighted by Crippen LogP contribution is -2.48. The lowest BCUT2D eigenvalue weighted by atomic mass is 9.73. The topological polar surface area (TPSA) is 69.0 Å². The Morgan fingerprint density at radius 3 is 2.81 bits per heavy atom. The zero-order valence-corrected chi connectivity index (χ0v) is 16.2. The highest BCUT2D eigenvalue weighted by atomic mass is 35.5. The maximum Gasteiger partial charge on any atom is 0.231 e. The zero-order chi connectivity index (χ0) is 18.7. The fourth-order valence-electron chi connectivity index (χ4n) is 4.19. The summed E-state index contributed by atoms with van der Waals surface area (Å²) in [5, 5.41) is 12.4. The quantitative estimate of drug-likeness (QED) is 0.874. The molecular weight excluding hydrogens is 364 g/mol. The number of aromatic nitrogens is 3. The van der Waals surface area contributed by atoms with Crippen LogP contribution in [0.3, 0.4) is 0 Å². The van der Waals surface area contributed by atoms with E-state index >= 15 is 0 Å². The maximum atomic E-state index is 13.3. The predicted molar refractivity (Wildman–Crippen MR) is 103 cm³/mol. The SMILES string of the molecule is O=C(NCc1nnc2n1CCCCC2)C1(c2ccccc2Cl)CCOCC1. The smallest absolute Gasteiger partial charge is 0.231 e. The summed E-state index contributed by atoms with van der Waals surface area (Å²) in [6, 6.07) is 7.63. The van der Waals surface area contributed by atoms with Crippen LogP contribution in [-0.4, -0.2) is 33.9 Å². The molecule has 0 bridgehead atoms. The summed E-state index contributed by atoms with van der Waals surface area (Å²) in [5.74, 6) is 1.86. The summed E-state index contributed by atoms with van der Waals surface area (Å²) in [7, 11) is 0. The molecule has 0 atom stereocenters. The van der Waals surface area contributed by atoms with Gasteiger partial charge in [-0.05, 0) is 37.3 Å². The first-order chi connectivity index (χ1) is 13.2. The molecule has 2 aliphatic heterocycles. The Morgan fingerprint density at radius 2 is 2.00 bits per heavy atom. The van der Waals surface area contributed by atoms with E-state index in [0.29, 0.717) is 37.6 Å². The number of benzene rings is 1. The van der Waals surface area contributed by atoms with Crippen LogP contribution in [0.15, 0.2) is 24.3 Å². The number of nitrogens with zero attached hydrogens (tertiary/aromatic N) is 3. The minimum atomic E-state index is -0.655. The third-order valence-corrected chi connectivity index (χ3v) is 6.09. The summed E-state index contributed by atoms with van der Waals surface area (Å²) in [5.41, 5.74) is 0.227. The van der Waals surface area contributed by atoms with Crippen molar-refractivity contribution in [3.63, 3.8) is 0 Å². The lowest BCUT2D eigenvalue weighted by molar-refractivity contribution is -0.130. The number of amides is 1. The standard InChI is InChI=1S/C20H25ClN4O2/c21-16-7-4-3-6-15(16)20(9-12-27-13-10-20)19(26)22-14-18-24-23-17-8-2-1-5-11-25(17)18/h3-4,6-7H,1-2,5,8-14H2,(H,22,26). The molecule has 2 aliphatic rings. The van der Waals surface area contributed by atoms with Crippen LogP contribution in [0.5, 0.6) is 0 Å². The fraction of sp³-hybridized carbons (Fsp3) is 0.550. The number of hydrogen-bond acceptors (Lipinski definition) is 4. The maximum absolute atomic E-state index is 13.3. The molecule has 2 aromatic rings. The highest BCUT2D eigenvalue weighted by molar-refractivity contribution is 6.31. The first kappa shape index (κ1) is 18.4. The van der Waals surface area contributed by atoms with Gasteiger partial charge in [0.05, 0.1) is 12.0 Å². The van der Waals surface area contributed by atoms with E-state index in [-0.39, 0.29) is 5.91 Å². The number of aryl methyl sites for hydroxylation is 1. The van der Waals surface area contributed by atoms with Crippen LogP contribution in [0.25, 0.3) is 0 Å². The van der Waals surface area contributed by atoms with Crippen LogP contribution < -0.4 is 5.32 Å². The van der Waals surface area contributed by atoms with E-state index in [1.807, 2.05) is 24.3 Å². The second-order valence-corrected chi connectivity index (χ2v) is 7.76. The van der Waals surface area contributed by atoms with Gasteiger partial charge in [0.25, 0.3) is 0 Å². The molecule has 0 aliphatic carbocycles. The first-order valence-corrected chi connectivity index (χ1v) is 10.1. The number of carbonyl (C=O) groups excluding carboxylic acids is 1. The van der Waals surface area contributed by atoms with E-state index in [4.69, 9.17) is 16.3 Å². The van der Waals surface area contributed by atoms with Crippen molar-refractivity contribution in [2.45, 2.75) is 57.0 Å². The third-order valence-electron chi connectivity index (χ3n) is 5.76. The molecule has 4 rings (SSSR count). The Bertz CT molecular complexity index is 814. The van der Waals surface area contributed by atoms with Gasteiger partial charge >= 0.3 is 0 Å². The minimum absolute atomic E-state index is 0.00938. The Morgan fingerprint density at radius 1 is 1.19 bits per heavy atom. The van der Waals surface area contributed by atoms with Crippen LogP contribution in [0.4, 0.5) is 0 Å². The molecule has 6 nitrogen and oxygen atoms in total. The van der Waals surface area contributed by atoms with Gasteiger partial charge in [-0.15, -0.1) is 10.2 Å². The molecule has 1 aromatic heterocycles. The Kier molecular flexibility index (Phi) is 5.45. The summed E-state index contributed by atoms with van der Waals surface area (Å²) in [6.45, 7) is 2.42. The molecule has 0 spiro atoms. The van der Waals surface area contributed by atoms with Gasteiger partial charge in [-0.3, -0.25) is 4.79 Å². The minimum Gasteiger partial charge on any atom is -0.381 e. The van der Waals surface area contributed by atoms with E-state index in [1.165, 1.54) is 6.42 Å². The summed E-state index contributed by atoms with van der Waals surface area (Å²) >= 11 is 6.46. The number of nitrogens with one attached hydrogen (secondary N) is 1. The average Bonchev–Trinajstić information content (AvgIpc) is 2.93. The molecule has 1 fully saturated rings. The van der Waals surface area contributed by atoms with E-state index in [2.05, 4.69) is 20.1 Å². The second-order valence-electron chi connectivity index (χ2n) is 7.35. The highest BCUT2D eigenvalue weighted by Gasteiger charge is 2.43. The predicted octanol–water partition coefficient (Wildman–Crippen LogP) is 3.02. The lowest BCUT2D eigenvalue weighted by Gasteiger charge is -2.36. The van der Waals surface area contributed by atoms with Crippen molar-refractivity contribution in [2.24, 2.45) is 0 Å². The van der Waals surface area contributed by atoms with Gasteiger partial charge in [0.15, 0.2) is 5.82 Å². The molecule has 0 saturated carbocycles. The van der Waals surface area contributed by atoms with Crippen LogP contribution in [0.1, 0.15) is 49.3 Å². The van der Waals surface area contributed by atoms with Gasteiger partial charge in [-0.25, -0.2) is 0 Å². The number of hydrogen-bond donors (Lipinski definition) is 1. The Balaban J connectivity index is 1.55. The van der Waals surface area contributed by atoms with Crippen molar-refractivity contribution in [1.29, 1.82) is 0 Å². The van der Waals surface area contributed by atoms with E-state index in [1.54, 1.807) is 0 Å². The van der Waals surface area contributed by atoms with Crippen LogP contribution >= 0.6 is 11.6 Å². The van der Waals surface area contributed by atoms with E-state index in [9.17, 15) is 4.79 Å². The molecule has 1 amide bonds. The van der Waals surface area contributed by atoms with Crippen molar-refractivity contribution < 1.29 is 9.53 Å². The number of fused-ring (bicyclic) bond motifs is 1. The monoisotopic (exact) mass is 388 g/mol. The van der Waals surface area contributed by atoms with Crippen LogP contribution in [-0.2, 0) is 34.5 Å². The average molecular weight is 389 g/mol. The Labute approximate surface area is 164 Å². The van der Waals surface area contributed by atoms with Crippen molar-refractivity contribution in [3.8, 4) is 0 Å². The summed E-state index contributed by atoms with van der Waals surface area (Å²) < 4.78 is 7.69. The second kappa shape index (κ2) is 7.98. The van der Waals surface area contributed by atoms with E-state index < -0.39 is 5.41 Å². The van der Waals surface area contributed by atoms with Crippen molar-refractivity contribution in [1.82, 2.24) is 20.1 Å². The Hall–Kier alpha value is -1.92. The zero-order valence-electron chi connectivity index (χ0n) is 15.4. The van der Waals surface area contributed by atoms with Gasteiger partial charge in [0.1, 0.15) is 5.82 Å². The summed E-state index contributed by atoms with van der Waals surface area (Å²) in [4.78, 5) is 13.3. The molecule has 1 N–H and O–H groups in total. The number of carbonyl (C=O) groups is 1. The van der Waals surface area contributed by atoms with Crippen molar-refractivity contribution in [3.05, 3.63) is 46.5 Å². The normalized spacial score (nSPS) is 19.1.